The molecule has 2 N–H and O–H groups in total. The Kier molecular flexibility index (Phi) is 4.68. The highest BCUT2D eigenvalue weighted by atomic mass is 79.9. The van der Waals surface area contributed by atoms with Crippen molar-refractivity contribution in [2.24, 2.45) is 0 Å². The van der Waals surface area contributed by atoms with Gasteiger partial charge in [0, 0.05) is 34.3 Å². The van der Waals surface area contributed by atoms with E-state index in [0.29, 0.717) is 22.8 Å². The van der Waals surface area contributed by atoms with E-state index < -0.39 is 0 Å². The minimum Gasteiger partial charge on any atom is -0.399 e. The normalized spacial score (nSPS) is 10.3. The lowest BCUT2D eigenvalue weighted by molar-refractivity contribution is 0.0785. The van der Waals surface area contributed by atoms with E-state index in [9.17, 15) is 4.79 Å². The van der Waals surface area contributed by atoms with Crippen LogP contribution < -0.4 is 5.73 Å². The van der Waals surface area contributed by atoms with Crippen LogP contribution in [0, 0.1) is 0 Å². The maximum Gasteiger partial charge on any atom is 0.253 e. The molecule has 20 heavy (non-hydrogen) atoms. The van der Waals surface area contributed by atoms with Crippen molar-refractivity contribution in [2.45, 2.75) is 6.54 Å². The number of hydrogen-bond acceptors (Lipinski definition) is 2. The third-order valence-corrected chi connectivity index (χ3v) is 3.81. The number of benzene rings is 2. The Morgan fingerprint density at radius 1 is 1.25 bits per heavy atom. The van der Waals surface area contributed by atoms with E-state index in [2.05, 4.69) is 15.9 Å². The van der Waals surface area contributed by atoms with Gasteiger partial charge in [-0.1, -0.05) is 27.5 Å². The summed E-state index contributed by atoms with van der Waals surface area (Å²) in [6.45, 7) is 0.415. The minimum atomic E-state index is -0.0593. The summed E-state index contributed by atoms with van der Waals surface area (Å²) in [4.78, 5) is 13.9. The number of nitrogens with zero attached hydrogens (tertiary/aromatic N) is 1. The third kappa shape index (κ3) is 3.52. The predicted octanol–water partition coefficient (Wildman–Crippen LogP) is 3.96. The standard InChI is InChI=1S/C15H14BrClN2O/c1-19(9-11-8-13(18)6-7-14(11)17)15(20)10-2-4-12(16)5-3-10/h2-8H,9,18H2,1H3. The monoisotopic (exact) mass is 352 g/mol. The lowest BCUT2D eigenvalue weighted by atomic mass is 10.1. The van der Waals surface area contributed by atoms with Crippen molar-refractivity contribution in [3.8, 4) is 0 Å². The SMILES string of the molecule is CN(Cc1cc(N)ccc1Cl)C(=O)c1ccc(Br)cc1. The summed E-state index contributed by atoms with van der Waals surface area (Å²) in [5, 5.41) is 0.606. The second-order valence-corrected chi connectivity index (χ2v) is 5.84. The fourth-order valence-corrected chi connectivity index (χ4v) is 2.30. The van der Waals surface area contributed by atoms with Crippen LogP contribution >= 0.6 is 27.5 Å². The van der Waals surface area contributed by atoms with Crippen LogP contribution in [0.4, 0.5) is 5.69 Å². The predicted molar refractivity (Wildman–Crippen MR) is 85.8 cm³/mol. The number of nitrogens with two attached hydrogens (primary N) is 1. The first-order valence-corrected chi connectivity index (χ1v) is 7.19. The quantitative estimate of drug-likeness (QED) is 0.849. The Labute approximate surface area is 131 Å². The number of nitrogen functional groups attached to an aromatic ring is 1. The molecule has 104 valence electrons. The van der Waals surface area contributed by atoms with Gasteiger partial charge in [0.05, 0.1) is 0 Å². The molecule has 5 heteroatoms. The van der Waals surface area contributed by atoms with Gasteiger partial charge in [-0.2, -0.15) is 0 Å². The smallest absolute Gasteiger partial charge is 0.253 e. The van der Waals surface area contributed by atoms with Crippen LogP contribution in [0.1, 0.15) is 15.9 Å². The summed E-state index contributed by atoms with van der Waals surface area (Å²) in [6.07, 6.45) is 0. The molecule has 0 radical (unpaired) electrons. The van der Waals surface area contributed by atoms with Crippen LogP contribution in [-0.2, 0) is 6.54 Å². The first kappa shape index (κ1) is 14.9. The van der Waals surface area contributed by atoms with Crippen molar-refractivity contribution in [2.75, 3.05) is 12.8 Å². The molecule has 0 heterocycles. The summed E-state index contributed by atoms with van der Waals surface area (Å²) < 4.78 is 0.940. The Bertz CT molecular complexity index is 628. The zero-order valence-electron chi connectivity index (χ0n) is 10.9. The Hall–Kier alpha value is -1.52. The van der Waals surface area contributed by atoms with Crippen molar-refractivity contribution >= 4 is 39.1 Å². The maximum absolute atomic E-state index is 12.3. The van der Waals surface area contributed by atoms with Gasteiger partial charge >= 0.3 is 0 Å². The van der Waals surface area contributed by atoms with Crippen LogP contribution in [0.25, 0.3) is 0 Å². The summed E-state index contributed by atoms with van der Waals surface area (Å²) >= 11 is 9.46. The number of carbonyl (C=O) groups is 1. The molecule has 0 saturated carbocycles. The van der Waals surface area contributed by atoms with Crippen LogP contribution in [0.5, 0.6) is 0 Å². The third-order valence-electron chi connectivity index (χ3n) is 2.92. The second kappa shape index (κ2) is 6.29. The lowest BCUT2D eigenvalue weighted by Crippen LogP contribution is -2.26. The van der Waals surface area contributed by atoms with Gasteiger partial charge in [0.15, 0.2) is 0 Å². The Balaban J connectivity index is 2.15. The van der Waals surface area contributed by atoms with E-state index in [4.69, 9.17) is 17.3 Å². The molecule has 0 bridgehead atoms. The van der Waals surface area contributed by atoms with Crippen LogP contribution in [0.15, 0.2) is 46.9 Å². The Morgan fingerprint density at radius 2 is 1.90 bits per heavy atom. The molecule has 0 fully saturated rings. The summed E-state index contributed by atoms with van der Waals surface area (Å²) in [5.74, 6) is -0.0593. The number of amides is 1. The van der Waals surface area contributed by atoms with E-state index in [1.165, 1.54) is 0 Å². The topological polar surface area (TPSA) is 46.3 Å². The molecule has 0 aliphatic heterocycles. The molecule has 2 aromatic rings. The van der Waals surface area contributed by atoms with Crippen LogP contribution in [-0.4, -0.2) is 17.9 Å². The summed E-state index contributed by atoms with van der Waals surface area (Å²) in [6, 6.07) is 12.5. The first-order chi connectivity index (χ1) is 9.47. The van der Waals surface area contributed by atoms with Crippen molar-refractivity contribution in [3.63, 3.8) is 0 Å². The van der Waals surface area contributed by atoms with E-state index in [1.807, 2.05) is 12.1 Å². The molecule has 0 aliphatic rings. The van der Waals surface area contributed by atoms with E-state index in [-0.39, 0.29) is 5.91 Å². The summed E-state index contributed by atoms with van der Waals surface area (Å²) in [5.41, 5.74) is 7.84. The minimum absolute atomic E-state index is 0.0593. The van der Waals surface area contributed by atoms with E-state index >= 15 is 0 Å². The lowest BCUT2D eigenvalue weighted by Gasteiger charge is -2.18. The van der Waals surface area contributed by atoms with Gasteiger partial charge in [0.1, 0.15) is 0 Å². The average Bonchev–Trinajstić information content (AvgIpc) is 2.43. The van der Waals surface area contributed by atoms with Crippen LogP contribution in [0.2, 0.25) is 5.02 Å². The second-order valence-electron chi connectivity index (χ2n) is 4.52. The molecule has 1 amide bonds. The van der Waals surface area contributed by atoms with Crippen molar-refractivity contribution in [1.82, 2.24) is 4.90 Å². The van der Waals surface area contributed by atoms with Gasteiger partial charge in [0.25, 0.3) is 5.91 Å². The van der Waals surface area contributed by atoms with Crippen molar-refractivity contribution in [3.05, 3.63) is 63.1 Å². The number of hydrogen-bond donors (Lipinski definition) is 1. The highest BCUT2D eigenvalue weighted by Gasteiger charge is 2.13. The molecular formula is C15H14BrClN2O. The fourth-order valence-electron chi connectivity index (χ4n) is 1.86. The van der Waals surface area contributed by atoms with Gasteiger partial charge in [-0.3, -0.25) is 4.79 Å². The molecule has 0 aliphatic carbocycles. The first-order valence-electron chi connectivity index (χ1n) is 6.02. The highest BCUT2D eigenvalue weighted by Crippen LogP contribution is 2.21. The molecule has 0 atom stereocenters. The average molecular weight is 354 g/mol. The molecule has 0 unspecified atom stereocenters. The van der Waals surface area contributed by atoms with Crippen molar-refractivity contribution in [1.29, 1.82) is 0 Å². The molecule has 0 spiro atoms. The van der Waals surface area contributed by atoms with Gasteiger partial charge in [-0.15, -0.1) is 0 Å². The number of carbonyl (C=O) groups excluding carboxylic acids is 1. The summed E-state index contributed by atoms with van der Waals surface area (Å²) in [7, 11) is 1.74. The molecule has 3 nitrogen and oxygen atoms in total. The maximum atomic E-state index is 12.3. The van der Waals surface area contributed by atoms with E-state index in [0.717, 1.165) is 10.0 Å². The molecule has 0 saturated heterocycles. The largest absolute Gasteiger partial charge is 0.399 e. The molecular weight excluding hydrogens is 340 g/mol. The number of anilines is 1. The van der Waals surface area contributed by atoms with Crippen LogP contribution in [0.3, 0.4) is 0 Å². The number of rotatable bonds is 3. The highest BCUT2D eigenvalue weighted by molar-refractivity contribution is 9.10. The molecule has 2 rings (SSSR count). The Morgan fingerprint density at radius 3 is 2.55 bits per heavy atom. The molecule has 2 aromatic carbocycles. The zero-order valence-corrected chi connectivity index (χ0v) is 13.3. The van der Waals surface area contributed by atoms with Gasteiger partial charge < -0.3 is 10.6 Å². The van der Waals surface area contributed by atoms with Gasteiger partial charge in [-0.25, -0.2) is 0 Å². The van der Waals surface area contributed by atoms with Gasteiger partial charge in [-0.05, 0) is 48.0 Å². The zero-order chi connectivity index (χ0) is 14.7. The molecule has 0 aromatic heterocycles. The fraction of sp³-hybridized carbons (Fsp3) is 0.133. The van der Waals surface area contributed by atoms with Crippen molar-refractivity contribution < 1.29 is 4.79 Å². The number of halogens is 2. The van der Waals surface area contributed by atoms with Gasteiger partial charge in [0.2, 0.25) is 0 Å². The van der Waals surface area contributed by atoms with E-state index in [1.54, 1.807) is 42.3 Å².